The molecule has 0 unspecified atom stereocenters. The van der Waals surface area contributed by atoms with E-state index in [-0.39, 0.29) is 16.3 Å². The second-order valence-corrected chi connectivity index (χ2v) is 7.17. The molecule has 1 aromatic carbocycles. The summed E-state index contributed by atoms with van der Waals surface area (Å²) in [7, 11) is -3.89. The lowest BCUT2D eigenvalue weighted by atomic mass is 10.2. The first kappa shape index (κ1) is 15.5. The van der Waals surface area contributed by atoms with Crippen LogP contribution in [0.25, 0.3) is 0 Å². The topological polar surface area (TPSA) is 74.7 Å². The molecular weight excluding hydrogens is 310 g/mol. The van der Waals surface area contributed by atoms with E-state index in [1.807, 2.05) is 19.1 Å². The van der Waals surface area contributed by atoms with Gasteiger partial charge in [0.1, 0.15) is 9.77 Å². The van der Waals surface area contributed by atoms with E-state index in [1.165, 1.54) is 15.8 Å². The summed E-state index contributed by atoms with van der Waals surface area (Å²) in [5.74, 6) is -1.23. The third-order valence-corrected chi connectivity index (χ3v) is 5.98. The third kappa shape index (κ3) is 2.93. The maximum atomic E-state index is 12.7. The largest absolute Gasteiger partial charge is 0.477 e. The molecule has 0 aliphatic carbocycles. The van der Waals surface area contributed by atoms with Crippen LogP contribution in [0.3, 0.4) is 0 Å². The number of aromatic carboxylic acids is 1. The monoisotopic (exact) mass is 325 g/mol. The van der Waals surface area contributed by atoms with Crippen molar-refractivity contribution in [1.29, 1.82) is 0 Å². The van der Waals surface area contributed by atoms with Crippen LogP contribution < -0.4 is 4.31 Å². The minimum absolute atomic E-state index is 0.164. The van der Waals surface area contributed by atoms with E-state index in [2.05, 4.69) is 0 Å². The SMILES string of the molecule is CCN(c1ccc(C)cc1)S(=O)(=O)c1ccsc1C(=O)O. The first-order valence-corrected chi connectivity index (χ1v) is 8.60. The van der Waals surface area contributed by atoms with Gasteiger partial charge in [-0.2, -0.15) is 0 Å². The quantitative estimate of drug-likeness (QED) is 0.917. The van der Waals surface area contributed by atoms with Crippen molar-refractivity contribution in [2.24, 2.45) is 0 Å². The zero-order valence-electron chi connectivity index (χ0n) is 11.6. The summed E-state index contributed by atoms with van der Waals surface area (Å²) in [6, 6.07) is 8.39. The van der Waals surface area contributed by atoms with E-state index in [4.69, 9.17) is 5.11 Å². The van der Waals surface area contributed by atoms with Crippen LogP contribution in [0.1, 0.15) is 22.2 Å². The van der Waals surface area contributed by atoms with Gasteiger partial charge in [-0.1, -0.05) is 17.7 Å². The molecule has 112 valence electrons. The molecule has 0 saturated carbocycles. The van der Waals surface area contributed by atoms with Crippen LogP contribution in [0, 0.1) is 6.92 Å². The molecular formula is C14H15NO4S2. The number of carboxylic acid groups (broad SMARTS) is 1. The second-order valence-electron chi connectivity index (χ2n) is 4.42. The third-order valence-electron chi connectivity index (χ3n) is 3.00. The number of carboxylic acids is 1. The van der Waals surface area contributed by atoms with Gasteiger partial charge >= 0.3 is 5.97 Å². The summed E-state index contributed by atoms with van der Waals surface area (Å²) in [6.45, 7) is 3.85. The summed E-state index contributed by atoms with van der Waals surface area (Å²) in [5, 5.41) is 10.6. The fourth-order valence-electron chi connectivity index (χ4n) is 1.98. The van der Waals surface area contributed by atoms with Crippen LogP contribution in [0.2, 0.25) is 0 Å². The fourth-order valence-corrected chi connectivity index (χ4v) is 4.69. The van der Waals surface area contributed by atoms with Gasteiger partial charge in [0.2, 0.25) is 0 Å². The Hall–Kier alpha value is -1.86. The molecule has 1 aromatic heterocycles. The highest BCUT2D eigenvalue weighted by atomic mass is 32.2. The van der Waals surface area contributed by atoms with Gasteiger partial charge in [-0.25, -0.2) is 13.2 Å². The maximum Gasteiger partial charge on any atom is 0.347 e. The average molecular weight is 325 g/mol. The number of aryl methyl sites for hydroxylation is 1. The van der Waals surface area contributed by atoms with Crippen LogP contribution in [-0.2, 0) is 10.0 Å². The highest BCUT2D eigenvalue weighted by Gasteiger charge is 2.29. The van der Waals surface area contributed by atoms with Crippen molar-refractivity contribution in [1.82, 2.24) is 0 Å². The minimum Gasteiger partial charge on any atom is -0.477 e. The summed E-state index contributed by atoms with van der Waals surface area (Å²) in [4.78, 5) is 10.8. The summed E-state index contributed by atoms with van der Waals surface area (Å²) in [5.41, 5.74) is 1.54. The molecule has 2 rings (SSSR count). The molecule has 0 spiro atoms. The molecule has 0 atom stereocenters. The van der Waals surface area contributed by atoms with E-state index >= 15 is 0 Å². The molecule has 0 aliphatic rings. The van der Waals surface area contributed by atoms with E-state index in [1.54, 1.807) is 19.1 Å². The zero-order chi connectivity index (χ0) is 15.6. The highest BCUT2D eigenvalue weighted by molar-refractivity contribution is 7.93. The summed E-state index contributed by atoms with van der Waals surface area (Å²) >= 11 is 0.905. The molecule has 0 amide bonds. The summed E-state index contributed by atoms with van der Waals surface area (Å²) in [6.07, 6.45) is 0. The summed E-state index contributed by atoms with van der Waals surface area (Å²) < 4.78 is 26.6. The molecule has 1 N–H and O–H groups in total. The highest BCUT2D eigenvalue weighted by Crippen LogP contribution is 2.28. The Labute approximate surface area is 127 Å². The Kier molecular flexibility index (Phi) is 4.34. The van der Waals surface area contributed by atoms with E-state index in [9.17, 15) is 13.2 Å². The predicted octanol–water partition coefficient (Wildman–Crippen LogP) is 2.97. The normalized spacial score (nSPS) is 11.3. The van der Waals surface area contributed by atoms with Crippen LogP contribution >= 0.6 is 11.3 Å². The number of nitrogens with zero attached hydrogens (tertiary/aromatic N) is 1. The van der Waals surface area contributed by atoms with Gasteiger partial charge in [0.05, 0.1) is 5.69 Å². The van der Waals surface area contributed by atoms with E-state index in [0.717, 1.165) is 16.9 Å². The van der Waals surface area contributed by atoms with Crippen molar-refractivity contribution in [2.45, 2.75) is 18.7 Å². The Morgan fingerprint density at radius 3 is 2.38 bits per heavy atom. The van der Waals surface area contributed by atoms with Crippen molar-refractivity contribution >= 4 is 33.0 Å². The average Bonchev–Trinajstić information content (AvgIpc) is 2.92. The van der Waals surface area contributed by atoms with Crippen molar-refractivity contribution in [2.75, 3.05) is 10.8 Å². The number of carbonyl (C=O) groups is 1. The molecule has 0 fully saturated rings. The number of benzene rings is 1. The van der Waals surface area contributed by atoms with Crippen molar-refractivity contribution in [3.63, 3.8) is 0 Å². The molecule has 0 saturated heterocycles. The van der Waals surface area contributed by atoms with Gasteiger partial charge in [-0.05, 0) is 37.4 Å². The first-order chi connectivity index (χ1) is 9.87. The van der Waals surface area contributed by atoms with Crippen molar-refractivity contribution in [3.8, 4) is 0 Å². The standard InChI is InChI=1S/C14H15NO4S2/c1-3-15(11-6-4-10(2)5-7-11)21(18,19)12-8-9-20-13(12)14(16)17/h4-9H,3H2,1-2H3,(H,16,17). The van der Waals surface area contributed by atoms with E-state index < -0.39 is 16.0 Å². The zero-order valence-corrected chi connectivity index (χ0v) is 13.2. The number of thiophene rings is 1. The number of hydrogen-bond donors (Lipinski definition) is 1. The molecule has 2 aromatic rings. The molecule has 7 heteroatoms. The molecule has 0 aliphatic heterocycles. The Morgan fingerprint density at radius 2 is 1.86 bits per heavy atom. The van der Waals surface area contributed by atoms with Gasteiger partial charge in [-0.15, -0.1) is 11.3 Å². The van der Waals surface area contributed by atoms with Gasteiger partial charge in [-0.3, -0.25) is 4.31 Å². The maximum absolute atomic E-state index is 12.7. The number of sulfonamides is 1. The van der Waals surface area contributed by atoms with Crippen LogP contribution in [0.4, 0.5) is 5.69 Å². The van der Waals surface area contributed by atoms with Gasteiger partial charge in [0.15, 0.2) is 0 Å². The number of rotatable bonds is 5. The van der Waals surface area contributed by atoms with Crippen molar-refractivity contribution in [3.05, 3.63) is 46.2 Å². The van der Waals surface area contributed by atoms with Crippen LogP contribution in [0.5, 0.6) is 0 Å². The molecule has 0 bridgehead atoms. The second kappa shape index (κ2) is 5.87. The lowest BCUT2D eigenvalue weighted by molar-refractivity contribution is 0.0698. The van der Waals surface area contributed by atoms with Gasteiger partial charge in [0.25, 0.3) is 10.0 Å². The first-order valence-electron chi connectivity index (χ1n) is 6.28. The van der Waals surface area contributed by atoms with Crippen LogP contribution in [0.15, 0.2) is 40.6 Å². The van der Waals surface area contributed by atoms with Gasteiger partial charge in [0, 0.05) is 6.54 Å². The fraction of sp³-hybridized carbons (Fsp3) is 0.214. The predicted molar refractivity (Wildman–Crippen MR) is 82.7 cm³/mol. The smallest absolute Gasteiger partial charge is 0.347 e. The lowest BCUT2D eigenvalue weighted by Crippen LogP contribution is -2.31. The number of hydrogen-bond acceptors (Lipinski definition) is 4. The molecule has 21 heavy (non-hydrogen) atoms. The van der Waals surface area contributed by atoms with Crippen molar-refractivity contribution < 1.29 is 18.3 Å². The minimum atomic E-state index is -3.89. The number of anilines is 1. The van der Waals surface area contributed by atoms with Gasteiger partial charge < -0.3 is 5.11 Å². The Bertz CT molecular complexity index is 748. The molecule has 0 radical (unpaired) electrons. The van der Waals surface area contributed by atoms with E-state index in [0.29, 0.717) is 5.69 Å². The lowest BCUT2D eigenvalue weighted by Gasteiger charge is -2.22. The molecule has 1 heterocycles. The Balaban J connectivity index is 2.52. The van der Waals surface area contributed by atoms with Crippen LogP contribution in [-0.4, -0.2) is 26.0 Å². The molecule has 5 nitrogen and oxygen atoms in total. The Morgan fingerprint density at radius 1 is 1.24 bits per heavy atom.